The van der Waals surface area contributed by atoms with Gasteiger partial charge in [-0.2, -0.15) is 4.31 Å². The number of thiophene rings is 1. The van der Waals surface area contributed by atoms with Gasteiger partial charge >= 0.3 is 0 Å². The lowest BCUT2D eigenvalue weighted by Crippen LogP contribution is -2.45. The maximum absolute atomic E-state index is 12.5. The second-order valence-corrected chi connectivity index (χ2v) is 9.91. The Bertz CT molecular complexity index is 528. The molecule has 2 bridgehead atoms. The number of piperidine rings is 1. The molecule has 0 radical (unpaired) electrons. The number of nitrogens with zero attached hydrogens (tertiary/aromatic N) is 1. The number of hydrogen-bond acceptors (Lipinski definition) is 3. The van der Waals surface area contributed by atoms with E-state index in [1.807, 2.05) is 6.07 Å². The fraction of sp³-hybridized carbons (Fsp3) is 0.667. The van der Waals surface area contributed by atoms with E-state index in [0.29, 0.717) is 29.1 Å². The maximum Gasteiger partial charge on any atom is 0.252 e. The molecule has 1 aliphatic heterocycles. The Balaban J connectivity index is 1.86. The van der Waals surface area contributed by atoms with Gasteiger partial charge in [0.15, 0.2) is 0 Å². The highest BCUT2D eigenvalue weighted by Crippen LogP contribution is 2.37. The molecule has 3 rings (SSSR count). The van der Waals surface area contributed by atoms with Gasteiger partial charge in [0.1, 0.15) is 4.21 Å². The van der Waals surface area contributed by atoms with Gasteiger partial charge in [0.25, 0.3) is 10.0 Å². The van der Waals surface area contributed by atoms with Crippen molar-refractivity contribution in [2.75, 3.05) is 13.1 Å². The second kappa shape index (κ2) is 4.89. The van der Waals surface area contributed by atoms with Gasteiger partial charge in [0.2, 0.25) is 0 Å². The average molecular weight is 350 g/mol. The molecule has 1 saturated carbocycles. The smallest absolute Gasteiger partial charge is 0.206 e. The monoisotopic (exact) mass is 349 g/mol. The third-order valence-electron chi connectivity index (χ3n) is 3.96. The summed E-state index contributed by atoms with van der Waals surface area (Å²) in [5, 5.41) is 0. The Hall–Kier alpha value is 0.0900. The molecule has 2 aliphatic rings. The molecule has 0 N–H and O–H groups in total. The first-order valence-electron chi connectivity index (χ1n) is 6.31. The van der Waals surface area contributed by atoms with E-state index in [1.165, 1.54) is 37.0 Å². The fourth-order valence-corrected chi connectivity index (χ4v) is 6.90. The summed E-state index contributed by atoms with van der Waals surface area (Å²) < 4.78 is 28.1. The van der Waals surface area contributed by atoms with Crippen LogP contribution in [-0.4, -0.2) is 25.8 Å². The molecule has 100 valence electrons. The Morgan fingerprint density at radius 1 is 1.22 bits per heavy atom. The van der Waals surface area contributed by atoms with Crippen molar-refractivity contribution in [3.63, 3.8) is 0 Å². The van der Waals surface area contributed by atoms with Crippen molar-refractivity contribution >= 4 is 37.3 Å². The Morgan fingerprint density at radius 3 is 2.44 bits per heavy atom. The largest absolute Gasteiger partial charge is 0.252 e. The lowest BCUT2D eigenvalue weighted by Gasteiger charge is -2.40. The van der Waals surface area contributed by atoms with E-state index >= 15 is 0 Å². The molecule has 6 heteroatoms. The topological polar surface area (TPSA) is 37.4 Å². The normalized spacial score (nSPS) is 29.4. The first-order chi connectivity index (χ1) is 8.55. The van der Waals surface area contributed by atoms with Gasteiger partial charge < -0.3 is 0 Å². The zero-order valence-corrected chi connectivity index (χ0v) is 13.2. The van der Waals surface area contributed by atoms with Crippen molar-refractivity contribution in [2.24, 2.45) is 11.8 Å². The Kier molecular flexibility index (Phi) is 3.55. The third-order valence-corrected chi connectivity index (χ3v) is 7.88. The lowest BCUT2D eigenvalue weighted by molar-refractivity contribution is 0.144. The molecule has 0 aromatic carbocycles. The molecule has 0 spiro atoms. The standard InChI is InChI=1S/C12H16BrNO2S2/c13-11-4-5-12(17-11)18(15,16)14-7-9-2-1-3-10(6-9)8-14/h4-5,9-10H,1-3,6-8H2. The molecule has 1 saturated heterocycles. The first-order valence-corrected chi connectivity index (χ1v) is 9.36. The molecule has 1 aromatic rings. The number of sulfonamides is 1. The summed E-state index contributed by atoms with van der Waals surface area (Å²) in [6.45, 7) is 1.43. The number of fused-ring (bicyclic) bond motifs is 2. The van der Waals surface area contributed by atoms with Crippen LogP contribution in [0.3, 0.4) is 0 Å². The van der Waals surface area contributed by atoms with Crippen molar-refractivity contribution in [2.45, 2.75) is 29.9 Å². The van der Waals surface area contributed by atoms with E-state index in [9.17, 15) is 8.42 Å². The minimum atomic E-state index is -3.26. The molecule has 2 heterocycles. The van der Waals surface area contributed by atoms with Crippen molar-refractivity contribution in [1.82, 2.24) is 4.31 Å². The summed E-state index contributed by atoms with van der Waals surface area (Å²) in [5.74, 6) is 1.16. The summed E-state index contributed by atoms with van der Waals surface area (Å²) in [5.41, 5.74) is 0. The second-order valence-electron chi connectivity index (χ2n) is 5.28. The highest BCUT2D eigenvalue weighted by Gasteiger charge is 2.37. The molecular formula is C12H16BrNO2S2. The first kappa shape index (κ1) is 13.1. The zero-order valence-electron chi connectivity index (χ0n) is 10.0. The average Bonchev–Trinajstić information content (AvgIpc) is 2.76. The van der Waals surface area contributed by atoms with Crippen molar-refractivity contribution < 1.29 is 8.42 Å². The molecule has 18 heavy (non-hydrogen) atoms. The predicted molar refractivity (Wildman–Crippen MR) is 76.2 cm³/mol. The minimum Gasteiger partial charge on any atom is -0.206 e. The van der Waals surface area contributed by atoms with Gasteiger partial charge in [-0.25, -0.2) is 8.42 Å². The van der Waals surface area contributed by atoms with Crippen LogP contribution in [-0.2, 0) is 10.0 Å². The quantitative estimate of drug-likeness (QED) is 0.821. The van der Waals surface area contributed by atoms with Crippen LogP contribution in [0.25, 0.3) is 0 Å². The maximum atomic E-state index is 12.5. The predicted octanol–water partition coefficient (Wildman–Crippen LogP) is 3.32. The van der Waals surface area contributed by atoms with Crippen LogP contribution in [0.1, 0.15) is 25.7 Å². The number of hydrogen-bond donors (Lipinski definition) is 0. The van der Waals surface area contributed by atoms with Crippen molar-refractivity contribution in [3.8, 4) is 0 Å². The number of halogens is 1. The van der Waals surface area contributed by atoms with Crippen molar-refractivity contribution in [3.05, 3.63) is 15.9 Å². The number of rotatable bonds is 2. The van der Waals surface area contributed by atoms with Crippen LogP contribution in [0.2, 0.25) is 0 Å². The SMILES string of the molecule is O=S(=O)(c1ccc(Br)s1)N1CC2CCCC(C2)C1. The van der Waals surface area contributed by atoms with Crippen LogP contribution in [0.15, 0.2) is 20.1 Å². The van der Waals surface area contributed by atoms with E-state index in [2.05, 4.69) is 15.9 Å². The van der Waals surface area contributed by atoms with E-state index < -0.39 is 10.0 Å². The van der Waals surface area contributed by atoms with Gasteiger partial charge in [-0.1, -0.05) is 6.42 Å². The van der Waals surface area contributed by atoms with Gasteiger partial charge in [-0.15, -0.1) is 11.3 Å². The minimum absolute atomic E-state index is 0.467. The van der Waals surface area contributed by atoms with Crippen LogP contribution in [0.5, 0.6) is 0 Å². The molecular weight excluding hydrogens is 334 g/mol. The van der Waals surface area contributed by atoms with E-state index in [4.69, 9.17) is 0 Å². The molecule has 2 atom stereocenters. The molecule has 2 unspecified atom stereocenters. The van der Waals surface area contributed by atoms with E-state index in [0.717, 1.165) is 3.79 Å². The highest BCUT2D eigenvalue weighted by molar-refractivity contribution is 9.11. The molecule has 3 nitrogen and oxygen atoms in total. The van der Waals surface area contributed by atoms with Gasteiger partial charge in [-0.05, 0) is 59.2 Å². The molecule has 0 amide bonds. The Morgan fingerprint density at radius 2 is 1.89 bits per heavy atom. The van der Waals surface area contributed by atoms with Crippen LogP contribution in [0.4, 0.5) is 0 Å². The fourth-order valence-electron chi connectivity index (χ4n) is 3.14. The molecule has 1 aromatic heterocycles. The van der Waals surface area contributed by atoms with Crippen molar-refractivity contribution in [1.29, 1.82) is 0 Å². The summed E-state index contributed by atoms with van der Waals surface area (Å²) in [7, 11) is -3.26. The van der Waals surface area contributed by atoms with Gasteiger partial charge in [0, 0.05) is 13.1 Å². The summed E-state index contributed by atoms with van der Waals surface area (Å²) >= 11 is 4.64. The Labute approximate surface area is 120 Å². The van der Waals surface area contributed by atoms with E-state index in [-0.39, 0.29) is 0 Å². The van der Waals surface area contributed by atoms with Crippen LogP contribution >= 0.6 is 27.3 Å². The summed E-state index contributed by atoms with van der Waals surface area (Å²) in [6, 6.07) is 3.51. The third kappa shape index (κ3) is 2.40. The lowest BCUT2D eigenvalue weighted by atomic mass is 9.79. The summed E-state index contributed by atoms with van der Waals surface area (Å²) in [4.78, 5) is 0. The van der Waals surface area contributed by atoms with Gasteiger partial charge in [0.05, 0.1) is 3.79 Å². The van der Waals surface area contributed by atoms with Crippen LogP contribution < -0.4 is 0 Å². The van der Waals surface area contributed by atoms with E-state index in [1.54, 1.807) is 10.4 Å². The molecule has 1 aliphatic carbocycles. The highest BCUT2D eigenvalue weighted by atomic mass is 79.9. The molecule has 2 fully saturated rings. The van der Waals surface area contributed by atoms with Gasteiger partial charge in [-0.3, -0.25) is 0 Å². The zero-order chi connectivity index (χ0) is 12.8. The summed E-state index contributed by atoms with van der Waals surface area (Å²) in [6.07, 6.45) is 4.88. The van der Waals surface area contributed by atoms with Crippen LogP contribution in [0, 0.1) is 11.8 Å².